The van der Waals surface area contributed by atoms with Crippen LogP contribution in [0.25, 0.3) is 0 Å². The van der Waals surface area contributed by atoms with Gasteiger partial charge < -0.3 is 19.9 Å². The molecule has 0 spiro atoms. The van der Waals surface area contributed by atoms with Crippen LogP contribution in [0.3, 0.4) is 0 Å². The summed E-state index contributed by atoms with van der Waals surface area (Å²) in [4.78, 5) is 16.2. The van der Waals surface area contributed by atoms with E-state index in [2.05, 4.69) is 15.6 Å². The lowest BCUT2D eigenvalue weighted by atomic mass is 10.0. The van der Waals surface area contributed by atoms with E-state index in [1.54, 1.807) is 6.33 Å². The molecular formula is C17H30N4O2. The SMILES string of the molecule is Cn1cncc1CNC1CCCCCC1NC(=O)OC(C)(C)C. The average molecular weight is 322 g/mol. The van der Waals surface area contributed by atoms with E-state index in [9.17, 15) is 4.79 Å². The number of hydrogen-bond acceptors (Lipinski definition) is 4. The fourth-order valence-corrected chi connectivity index (χ4v) is 2.97. The van der Waals surface area contributed by atoms with Crippen LogP contribution in [0.15, 0.2) is 12.5 Å². The van der Waals surface area contributed by atoms with Gasteiger partial charge in [-0.3, -0.25) is 0 Å². The van der Waals surface area contributed by atoms with E-state index in [1.807, 2.05) is 38.6 Å². The van der Waals surface area contributed by atoms with Gasteiger partial charge in [-0.05, 0) is 33.6 Å². The van der Waals surface area contributed by atoms with Gasteiger partial charge in [0.15, 0.2) is 0 Å². The second kappa shape index (κ2) is 7.81. The van der Waals surface area contributed by atoms with E-state index in [0.29, 0.717) is 0 Å². The van der Waals surface area contributed by atoms with Gasteiger partial charge in [-0.1, -0.05) is 19.3 Å². The predicted octanol–water partition coefficient (Wildman–Crippen LogP) is 2.74. The third-order valence-electron chi connectivity index (χ3n) is 4.18. The van der Waals surface area contributed by atoms with Crippen LogP contribution in [0.5, 0.6) is 0 Å². The fraction of sp³-hybridized carbons (Fsp3) is 0.765. The number of nitrogens with zero attached hydrogens (tertiary/aromatic N) is 2. The summed E-state index contributed by atoms with van der Waals surface area (Å²) in [6, 6.07) is 0.375. The lowest BCUT2D eigenvalue weighted by Crippen LogP contribution is -2.50. The fourth-order valence-electron chi connectivity index (χ4n) is 2.97. The van der Waals surface area contributed by atoms with Gasteiger partial charge >= 0.3 is 6.09 Å². The standard InChI is InChI=1S/C17H30N4O2/c1-17(2,3)23-16(22)20-15-9-7-5-6-8-14(15)19-11-13-10-18-12-21(13)4/h10,12,14-15,19H,5-9,11H2,1-4H3,(H,20,22). The van der Waals surface area contributed by atoms with Crippen molar-refractivity contribution in [3.63, 3.8) is 0 Å². The van der Waals surface area contributed by atoms with Crippen molar-refractivity contribution in [3.05, 3.63) is 18.2 Å². The van der Waals surface area contributed by atoms with Gasteiger partial charge in [0.05, 0.1) is 12.0 Å². The number of aryl methyl sites for hydroxylation is 1. The Balaban J connectivity index is 1.93. The first-order valence-corrected chi connectivity index (χ1v) is 8.53. The van der Waals surface area contributed by atoms with Crippen molar-refractivity contribution in [2.75, 3.05) is 0 Å². The Hall–Kier alpha value is -1.56. The molecule has 1 aliphatic carbocycles. The van der Waals surface area contributed by atoms with Gasteiger partial charge in [0.2, 0.25) is 0 Å². The van der Waals surface area contributed by atoms with Gasteiger partial charge in [-0.15, -0.1) is 0 Å². The van der Waals surface area contributed by atoms with Crippen molar-refractivity contribution in [1.29, 1.82) is 0 Å². The molecule has 0 bridgehead atoms. The van der Waals surface area contributed by atoms with Gasteiger partial charge in [0.1, 0.15) is 5.60 Å². The van der Waals surface area contributed by atoms with Crippen molar-refractivity contribution < 1.29 is 9.53 Å². The minimum Gasteiger partial charge on any atom is -0.444 e. The van der Waals surface area contributed by atoms with E-state index in [-0.39, 0.29) is 18.2 Å². The molecule has 2 unspecified atom stereocenters. The first kappa shape index (κ1) is 17.8. The molecule has 1 amide bonds. The number of aromatic nitrogens is 2. The maximum atomic E-state index is 12.1. The monoisotopic (exact) mass is 322 g/mol. The van der Waals surface area contributed by atoms with Crippen LogP contribution in [-0.2, 0) is 18.3 Å². The molecule has 1 aromatic heterocycles. The van der Waals surface area contributed by atoms with Gasteiger partial charge in [-0.25, -0.2) is 9.78 Å². The molecule has 2 atom stereocenters. The molecule has 1 heterocycles. The molecule has 0 saturated heterocycles. The third-order valence-corrected chi connectivity index (χ3v) is 4.18. The van der Waals surface area contributed by atoms with Crippen molar-refractivity contribution in [2.24, 2.45) is 7.05 Å². The summed E-state index contributed by atoms with van der Waals surface area (Å²) in [5.74, 6) is 0. The Morgan fingerprint density at radius 1 is 1.30 bits per heavy atom. The number of carbonyl (C=O) groups is 1. The molecule has 2 N–H and O–H groups in total. The number of rotatable bonds is 4. The average Bonchev–Trinajstić information content (AvgIpc) is 2.71. The van der Waals surface area contributed by atoms with Crippen LogP contribution in [0.1, 0.15) is 58.6 Å². The Kier molecular flexibility index (Phi) is 6.04. The van der Waals surface area contributed by atoms with Crippen LogP contribution in [0.4, 0.5) is 4.79 Å². The summed E-state index contributed by atoms with van der Waals surface area (Å²) in [5, 5.41) is 6.66. The zero-order chi connectivity index (χ0) is 16.9. The largest absolute Gasteiger partial charge is 0.444 e. The molecule has 1 saturated carbocycles. The highest BCUT2D eigenvalue weighted by Gasteiger charge is 2.27. The molecule has 0 radical (unpaired) electrons. The molecule has 0 aliphatic heterocycles. The van der Waals surface area contributed by atoms with Gasteiger partial charge in [0, 0.05) is 31.9 Å². The first-order valence-electron chi connectivity index (χ1n) is 8.53. The smallest absolute Gasteiger partial charge is 0.407 e. The lowest BCUT2D eigenvalue weighted by molar-refractivity contribution is 0.0489. The summed E-state index contributed by atoms with van der Waals surface area (Å²) >= 11 is 0. The van der Waals surface area contributed by atoms with Crippen LogP contribution >= 0.6 is 0 Å². The molecular weight excluding hydrogens is 292 g/mol. The molecule has 6 heteroatoms. The van der Waals surface area contributed by atoms with Gasteiger partial charge in [-0.2, -0.15) is 0 Å². The van der Waals surface area contributed by atoms with Crippen LogP contribution in [0, 0.1) is 0 Å². The van der Waals surface area contributed by atoms with Crippen molar-refractivity contribution >= 4 is 6.09 Å². The minimum atomic E-state index is -0.466. The highest BCUT2D eigenvalue weighted by Crippen LogP contribution is 2.19. The number of hydrogen-bond donors (Lipinski definition) is 2. The number of carbonyl (C=O) groups excluding carboxylic acids is 1. The van der Waals surface area contributed by atoms with Crippen molar-refractivity contribution in [1.82, 2.24) is 20.2 Å². The number of amides is 1. The molecule has 130 valence electrons. The maximum Gasteiger partial charge on any atom is 0.407 e. The summed E-state index contributed by atoms with van der Waals surface area (Å²) < 4.78 is 7.42. The van der Waals surface area contributed by atoms with E-state index in [1.165, 1.54) is 12.8 Å². The topological polar surface area (TPSA) is 68.2 Å². The van der Waals surface area contributed by atoms with Crippen LogP contribution in [0.2, 0.25) is 0 Å². The molecule has 1 fully saturated rings. The van der Waals surface area contributed by atoms with Crippen LogP contribution < -0.4 is 10.6 Å². The second-order valence-corrected chi connectivity index (χ2v) is 7.37. The number of alkyl carbamates (subject to hydrolysis) is 1. The highest BCUT2D eigenvalue weighted by atomic mass is 16.6. The quantitative estimate of drug-likeness (QED) is 0.836. The molecule has 6 nitrogen and oxygen atoms in total. The summed E-state index contributed by atoms with van der Waals surface area (Å²) in [5.41, 5.74) is 0.678. The molecule has 0 aromatic carbocycles. The number of ether oxygens (including phenoxy) is 1. The molecule has 1 aromatic rings. The van der Waals surface area contributed by atoms with E-state index >= 15 is 0 Å². The Labute approximate surface area is 139 Å². The van der Waals surface area contributed by atoms with Gasteiger partial charge in [0.25, 0.3) is 0 Å². The lowest BCUT2D eigenvalue weighted by Gasteiger charge is -2.29. The zero-order valence-electron chi connectivity index (χ0n) is 14.8. The first-order chi connectivity index (χ1) is 10.8. The van der Waals surface area contributed by atoms with E-state index in [4.69, 9.17) is 4.74 Å². The Bertz CT molecular complexity index is 507. The van der Waals surface area contributed by atoms with E-state index in [0.717, 1.165) is 31.5 Å². The summed E-state index contributed by atoms with van der Waals surface area (Å²) in [6.07, 6.45) is 8.97. The third kappa shape index (κ3) is 5.86. The zero-order valence-corrected chi connectivity index (χ0v) is 14.8. The Morgan fingerprint density at radius 3 is 2.61 bits per heavy atom. The van der Waals surface area contributed by atoms with Crippen molar-refractivity contribution in [3.8, 4) is 0 Å². The Morgan fingerprint density at radius 2 is 2.00 bits per heavy atom. The number of imidazole rings is 1. The highest BCUT2D eigenvalue weighted by molar-refractivity contribution is 5.68. The van der Waals surface area contributed by atoms with E-state index < -0.39 is 5.60 Å². The molecule has 2 rings (SSSR count). The molecule has 23 heavy (non-hydrogen) atoms. The number of nitrogens with one attached hydrogen (secondary N) is 2. The second-order valence-electron chi connectivity index (χ2n) is 7.37. The normalized spacial score (nSPS) is 22.4. The minimum absolute atomic E-state index is 0.112. The predicted molar refractivity (Wildman–Crippen MR) is 90.1 cm³/mol. The van der Waals surface area contributed by atoms with Crippen molar-refractivity contribution in [2.45, 2.75) is 77.1 Å². The summed E-state index contributed by atoms with van der Waals surface area (Å²) in [6.45, 7) is 6.42. The maximum absolute atomic E-state index is 12.1. The summed E-state index contributed by atoms with van der Waals surface area (Å²) in [7, 11) is 1.99. The molecule has 1 aliphatic rings. The van der Waals surface area contributed by atoms with Crippen LogP contribution in [-0.4, -0.2) is 33.3 Å².